The Hall–Kier alpha value is -2.41. The highest BCUT2D eigenvalue weighted by molar-refractivity contribution is 6.39. The van der Waals surface area contributed by atoms with Gasteiger partial charge in [0.05, 0.1) is 11.8 Å². The van der Waals surface area contributed by atoms with E-state index in [1.807, 2.05) is 17.0 Å². The number of hydrogen-bond donors (Lipinski definition) is 2. The van der Waals surface area contributed by atoms with Crippen LogP contribution in [0.1, 0.15) is 30.4 Å². The minimum Gasteiger partial charge on any atom is -0.376 e. The van der Waals surface area contributed by atoms with E-state index in [1.165, 1.54) is 0 Å². The minimum absolute atomic E-state index is 0.00438. The second-order valence-corrected chi connectivity index (χ2v) is 6.74. The number of hydrogen-bond acceptors (Lipinski definition) is 4. The summed E-state index contributed by atoms with van der Waals surface area (Å²) in [6.45, 7) is 1.77. The van der Waals surface area contributed by atoms with Crippen LogP contribution < -0.4 is 15.5 Å². The topological polar surface area (TPSA) is 87.7 Å². The monoisotopic (exact) mass is 343 g/mol. The Bertz CT molecular complexity index is 740. The summed E-state index contributed by atoms with van der Waals surface area (Å²) in [7, 11) is 0. The highest BCUT2D eigenvalue weighted by Crippen LogP contribution is 2.38. The van der Waals surface area contributed by atoms with E-state index >= 15 is 0 Å². The average Bonchev–Trinajstić information content (AvgIpc) is 3.26. The van der Waals surface area contributed by atoms with Crippen molar-refractivity contribution in [3.05, 3.63) is 23.3 Å². The Balaban J connectivity index is 1.42. The second kappa shape index (κ2) is 6.48. The third-order valence-corrected chi connectivity index (χ3v) is 5.03. The highest BCUT2D eigenvalue weighted by Gasteiger charge is 2.31. The van der Waals surface area contributed by atoms with Crippen LogP contribution in [0.4, 0.5) is 11.4 Å². The first-order valence-electron chi connectivity index (χ1n) is 8.79. The zero-order valence-corrected chi connectivity index (χ0v) is 14.0. The Kier molecular flexibility index (Phi) is 4.17. The molecular formula is C18H21N3O4. The average molecular weight is 343 g/mol. The standard InChI is InChI=1S/C18H21N3O4/c22-15-4-3-11-8-13(9-12-5-6-21(15)16(11)12)20-18(24)17(23)19-10-14-2-1-7-25-14/h8-9,14H,1-7,10H2,(H,19,23)(H,20,24). The maximum absolute atomic E-state index is 12.1. The summed E-state index contributed by atoms with van der Waals surface area (Å²) in [5.41, 5.74) is 3.73. The van der Waals surface area contributed by atoms with Crippen molar-refractivity contribution in [3.63, 3.8) is 0 Å². The van der Waals surface area contributed by atoms with Gasteiger partial charge in [-0.1, -0.05) is 0 Å². The largest absolute Gasteiger partial charge is 0.376 e. The summed E-state index contributed by atoms with van der Waals surface area (Å²) >= 11 is 0. The van der Waals surface area contributed by atoms with Gasteiger partial charge >= 0.3 is 11.8 Å². The van der Waals surface area contributed by atoms with Gasteiger partial charge in [-0.25, -0.2) is 0 Å². The second-order valence-electron chi connectivity index (χ2n) is 6.74. The molecule has 4 rings (SSSR count). The van der Waals surface area contributed by atoms with Crippen LogP contribution in [0.3, 0.4) is 0 Å². The molecule has 3 aliphatic rings. The SMILES string of the molecule is O=C(NCC1CCCO1)C(=O)Nc1cc2c3c(c1)CCN3C(=O)CC2. The predicted molar refractivity (Wildman–Crippen MR) is 91.4 cm³/mol. The van der Waals surface area contributed by atoms with E-state index in [1.54, 1.807) is 0 Å². The van der Waals surface area contributed by atoms with Gasteiger partial charge in [-0.15, -0.1) is 0 Å². The van der Waals surface area contributed by atoms with Crippen LogP contribution in [0.25, 0.3) is 0 Å². The molecule has 1 atom stereocenters. The quantitative estimate of drug-likeness (QED) is 0.793. The van der Waals surface area contributed by atoms with Crippen molar-refractivity contribution < 1.29 is 19.1 Å². The van der Waals surface area contributed by atoms with Gasteiger partial charge in [0.1, 0.15) is 0 Å². The van der Waals surface area contributed by atoms with Crippen molar-refractivity contribution in [2.45, 2.75) is 38.2 Å². The van der Waals surface area contributed by atoms with Gasteiger partial charge in [-0.3, -0.25) is 14.4 Å². The number of nitrogens with one attached hydrogen (secondary N) is 2. The van der Waals surface area contributed by atoms with E-state index in [0.717, 1.165) is 36.1 Å². The van der Waals surface area contributed by atoms with Crippen LogP contribution in [0.5, 0.6) is 0 Å². The molecule has 2 N–H and O–H groups in total. The number of rotatable bonds is 3. The molecule has 0 radical (unpaired) electrons. The molecule has 0 aromatic heterocycles. The lowest BCUT2D eigenvalue weighted by molar-refractivity contribution is -0.136. The molecule has 3 aliphatic heterocycles. The van der Waals surface area contributed by atoms with E-state index < -0.39 is 11.8 Å². The first-order valence-corrected chi connectivity index (χ1v) is 8.79. The number of ether oxygens (including phenoxy) is 1. The van der Waals surface area contributed by atoms with Crippen LogP contribution in [-0.2, 0) is 32.0 Å². The smallest absolute Gasteiger partial charge is 0.313 e. The zero-order chi connectivity index (χ0) is 17.4. The van der Waals surface area contributed by atoms with Gasteiger partial charge in [0.25, 0.3) is 0 Å². The molecule has 1 aromatic rings. The van der Waals surface area contributed by atoms with E-state index in [0.29, 0.717) is 38.2 Å². The molecule has 1 aromatic carbocycles. The third kappa shape index (κ3) is 3.11. The first-order chi connectivity index (χ1) is 12.1. The van der Waals surface area contributed by atoms with E-state index in [9.17, 15) is 14.4 Å². The van der Waals surface area contributed by atoms with Gasteiger partial charge < -0.3 is 20.3 Å². The molecule has 3 amide bonds. The molecule has 3 heterocycles. The van der Waals surface area contributed by atoms with Gasteiger partial charge in [-0.05, 0) is 48.9 Å². The van der Waals surface area contributed by atoms with Crippen LogP contribution in [-0.4, -0.2) is 43.5 Å². The van der Waals surface area contributed by atoms with Crippen molar-refractivity contribution in [1.29, 1.82) is 0 Å². The predicted octanol–water partition coefficient (Wildman–Crippen LogP) is 0.756. The van der Waals surface area contributed by atoms with Crippen LogP contribution in [0, 0.1) is 0 Å². The Labute approximate surface area is 145 Å². The van der Waals surface area contributed by atoms with Crippen molar-refractivity contribution >= 4 is 29.1 Å². The molecule has 1 unspecified atom stereocenters. The number of nitrogens with zero attached hydrogens (tertiary/aromatic N) is 1. The van der Waals surface area contributed by atoms with Gasteiger partial charge in [0, 0.05) is 31.8 Å². The fourth-order valence-corrected chi connectivity index (χ4v) is 3.81. The third-order valence-electron chi connectivity index (χ3n) is 5.03. The molecular weight excluding hydrogens is 322 g/mol. The molecule has 1 saturated heterocycles. The van der Waals surface area contributed by atoms with E-state index in [4.69, 9.17) is 4.74 Å². The lowest BCUT2D eigenvalue weighted by Gasteiger charge is -2.25. The molecule has 0 bridgehead atoms. The van der Waals surface area contributed by atoms with Crippen molar-refractivity contribution in [1.82, 2.24) is 5.32 Å². The minimum atomic E-state index is -0.674. The summed E-state index contributed by atoms with van der Waals surface area (Å²) < 4.78 is 5.43. The van der Waals surface area contributed by atoms with E-state index in [2.05, 4.69) is 10.6 Å². The molecule has 7 heteroatoms. The Morgan fingerprint density at radius 1 is 1.16 bits per heavy atom. The first kappa shape index (κ1) is 16.1. The number of aryl methyl sites for hydroxylation is 1. The molecule has 0 spiro atoms. The van der Waals surface area contributed by atoms with Crippen molar-refractivity contribution in [2.24, 2.45) is 0 Å². The molecule has 7 nitrogen and oxygen atoms in total. The van der Waals surface area contributed by atoms with Crippen LogP contribution in [0.2, 0.25) is 0 Å². The lowest BCUT2D eigenvalue weighted by Crippen LogP contribution is -2.39. The summed E-state index contributed by atoms with van der Waals surface area (Å²) in [6.07, 6.45) is 3.85. The summed E-state index contributed by atoms with van der Waals surface area (Å²) in [5.74, 6) is -1.16. The number of carbonyl (C=O) groups excluding carboxylic acids is 3. The van der Waals surface area contributed by atoms with Crippen LogP contribution in [0.15, 0.2) is 12.1 Å². The zero-order valence-electron chi connectivity index (χ0n) is 14.0. The highest BCUT2D eigenvalue weighted by atomic mass is 16.5. The Morgan fingerprint density at radius 3 is 2.72 bits per heavy atom. The normalized spacial score (nSPS) is 21.2. The molecule has 25 heavy (non-hydrogen) atoms. The van der Waals surface area contributed by atoms with Crippen LogP contribution >= 0.6 is 0 Å². The van der Waals surface area contributed by atoms with Crippen molar-refractivity contribution in [3.8, 4) is 0 Å². The van der Waals surface area contributed by atoms with E-state index in [-0.39, 0.29) is 12.0 Å². The molecule has 1 fully saturated rings. The number of amides is 3. The number of anilines is 2. The van der Waals surface area contributed by atoms with Crippen molar-refractivity contribution in [2.75, 3.05) is 29.9 Å². The maximum Gasteiger partial charge on any atom is 0.313 e. The fourth-order valence-electron chi connectivity index (χ4n) is 3.81. The lowest BCUT2D eigenvalue weighted by atomic mass is 9.98. The summed E-state index contributed by atoms with van der Waals surface area (Å²) in [4.78, 5) is 37.9. The number of carbonyl (C=O) groups is 3. The fraction of sp³-hybridized carbons (Fsp3) is 0.500. The molecule has 132 valence electrons. The maximum atomic E-state index is 12.1. The van der Waals surface area contributed by atoms with Gasteiger partial charge in [-0.2, -0.15) is 0 Å². The van der Waals surface area contributed by atoms with Gasteiger partial charge in [0.2, 0.25) is 5.91 Å². The summed E-state index contributed by atoms with van der Waals surface area (Å²) in [5, 5.41) is 5.30. The van der Waals surface area contributed by atoms with Gasteiger partial charge in [0.15, 0.2) is 0 Å². The molecule has 0 aliphatic carbocycles. The Morgan fingerprint density at radius 2 is 1.96 bits per heavy atom. The summed E-state index contributed by atoms with van der Waals surface area (Å²) in [6, 6.07) is 3.73. The molecule has 0 saturated carbocycles. The number of benzene rings is 1.